The first-order chi connectivity index (χ1) is 12.0. The van der Waals surface area contributed by atoms with Crippen LogP contribution in [0.1, 0.15) is 5.56 Å². The number of hydrogen-bond donors (Lipinski definition) is 1. The van der Waals surface area contributed by atoms with Crippen molar-refractivity contribution in [1.29, 1.82) is 0 Å². The number of carbonyl (C=O) groups is 1. The van der Waals surface area contributed by atoms with Gasteiger partial charge in [-0.3, -0.25) is 4.79 Å². The van der Waals surface area contributed by atoms with E-state index in [1.54, 1.807) is 6.07 Å². The summed E-state index contributed by atoms with van der Waals surface area (Å²) in [6.07, 6.45) is 0.482. The first-order valence-corrected chi connectivity index (χ1v) is 8.95. The lowest BCUT2D eigenvalue weighted by Gasteiger charge is -2.36. The zero-order chi connectivity index (χ0) is 17.8. The maximum atomic E-state index is 12.6. The Bertz CT molecular complexity index is 747. The van der Waals surface area contributed by atoms with E-state index in [4.69, 9.17) is 28.9 Å². The molecule has 0 bridgehead atoms. The number of pyridine rings is 1. The molecular formula is C18H20Cl2N4O. The molecule has 1 atom stereocenters. The van der Waals surface area contributed by atoms with Crippen LogP contribution in [0.4, 0.5) is 5.82 Å². The molecule has 2 aromatic rings. The van der Waals surface area contributed by atoms with Crippen molar-refractivity contribution in [2.45, 2.75) is 12.5 Å². The van der Waals surface area contributed by atoms with Crippen LogP contribution in [-0.4, -0.2) is 48.0 Å². The van der Waals surface area contributed by atoms with Gasteiger partial charge in [-0.1, -0.05) is 41.4 Å². The Labute approximate surface area is 157 Å². The number of anilines is 1. The zero-order valence-electron chi connectivity index (χ0n) is 13.7. The van der Waals surface area contributed by atoms with Crippen molar-refractivity contribution in [3.05, 3.63) is 58.2 Å². The number of halogens is 2. The summed E-state index contributed by atoms with van der Waals surface area (Å²) >= 11 is 11.9. The van der Waals surface area contributed by atoms with Crippen molar-refractivity contribution in [3.63, 3.8) is 0 Å². The number of piperazine rings is 1. The second-order valence-corrected chi connectivity index (χ2v) is 6.90. The minimum Gasteiger partial charge on any atom is -0.353 e. The Morgan fingerprint density at radius 2 is 1.84 bits per heavy atom. The Morgan fingerprint density at radius 1 is 1.12 bits per heavy atom. The number of hydrogen-bond acceptors (Lipinski definition) is 4. The number of aromatic nitrogens is 1. The summed E-state index contributed by atoms with van der Waals surface area (Å²) in [5.74, 6) is 0.807. The van der Waals surface area contributed by atoms with Gasteiger partial charge in [-0.15, -0.1) is 0 Å². The van der Waals surface area contributed by atoms with Crippen LogP contribution in [0.2, 0.25) is 10.2 Å². The Kier molecular flexibility index (Phi) is 5.78. The molecule has 1 aromatic carbocycles. The fourth-order valence-corrected chi connectivity index (χ4v) is 3.34. The molecule has 1 aliphatic heterocycles. The van der Waals surface area contributed by atoms with Gasteiger partial charge < -0.3 is 15.5 Å². The molecule has 3 rings (SSSR count). The number of carbonyl (C=O) groups excluding carboxylic acids is 1. The van der Waals surface area contributed by atoms with Gasteiger partial charge in [0.25, 0.3) is 0 Å². The Morgan fingerprint density at radius 3 is 2.52 bits per heavy atom. The zero-order valence-corrected chi connectivity index (χ0v) is 15.2. The van der Waals surface area contributed by atoms with Crippen molar-refractivity contribution >= 4 is 34.9 Å². The minimum absolute atomic E-state index is 0.0290. The molecule has 132 valence electrons. The van der Waals surface area contributed by atoms with Gasteiger partial charge in [0.1, 0.15) is 11.0 Å². The van der Waals surface area contributed by atoms with E-state index in [-0.39, 0.29) is 5.91 Å². The van der Waals surface area contributed by atoms with Crippen LogP contribution < -0.4 is 10.6 Å². The largest absolute Gasteiger partial charge is 0.353 e. The molecule has 1 aliphatic rings. The average molecular weight is 379 g/mol. The van der Waals surface area contributed by atoms with Crippen molar-refractivity contribution in [1.82, 2.24) is 9.88 Å². The number of amides is 1. The molecule has 7 heteroatoms. The number of rotatable bonds is 4. The summed E-state index contributed by atoms with van der Waals surface area (Å²) in [6, 6.07) is 12.4. The van der Waals surface area contributed by atoms with E-state index >= 15 is 0 Å². The normalized spacial score (nSPS) is 16.0. The highest BCUT2D eigenvalue weighted by atomic mass is 35.5. The molecule has 0 spiro atoms. The smallest absolute Gasteiger partial charge is 0.239 e. The topological polar surface area (TPSA) is 62.5 Å². The second kappa shape index (κ2) is 8.04. The maximum Gasteiger partial charge on any atom is 0.239 e. The lowest BCUT2D eigenvalue weighted by Crippen LogP contribution is -2.53. The first-order valence-electron chi connectivity index (χ1n) is 8.19. The highest BCUT2D eigenvalue weighted by Crippen LogP contribution is 2.17. The van der Waals surface area contributed by atoms with Crippen LogP contribution in [-0.2, 0) is 11.2 Å². The van der Waals surface area contributed by atoms with Crippen LogP contribution in [0.5, 0.6) is 0 Å². The van der Waals surface area contributed by atoms with Crippen molar-refractivity contribution in [3.8, 4) is 0 Å². The number of nitrogens with two attached hydrogens (primary N) is 1. The molecule has 1 unspecified atom stereocenters. The van der Waals surface area contributed by atoms with E-state index in [0.717, 1.165) is 11.4 Å². The van der Waals surface area contributed by atoms with Gasteiger partial charge in [0, 0.05) is 31.2 Å². The Hall–Kier alpha value is -1.82. The van der Waals surface area contributed by atoms with Gasteiger partial charge in [0.2, 0.25) is 5.91 Å². The first kappa shape index (κ1) is 18.0. The summed E-state index contributed by atoms with van der Waals surface area (Å²) in [6.45, 7) is 2.67. The molecule has 5 nitrogen and oxygen atoms in total. The van der Waals surface area contributed by atoms with Crippen molar-refractivity contribution in [2.75, 3.05) is 31.1 Å². The van der Waals surface area contributed by atoms with Gasteiger partial charge in [-0.25, -0.2) is 4.98 Å². The predicted octanol–water partition coefficient (Wildman–Crippen LogP) is 2.61. The molecule has 25 heavy (non-hydrogen) atoms. The molecule has 0 saturated carbocycles. The van der Waals surface area contributed by atoms with Crippen molar-refractivity contribution < 1.29 is 4.79 Å². The lowest BCUT2D eigenvalue weighted by molar-refractivity contribution is -0.132. The Balaban J connectivity index is 1.56. The standard InChI is InChI=1S/C18H20Cl2N4O/c19-14-4-1-3-13(11-14)12-15(21)18(25)24-9-7-23(8-10-24)17-6-2-5-16(20)22-17/h1-6,11,15H,7-10,12,21H2. The van der Waals surface area contributed by atoms with Crippen molar-refractivity contribution in [2.24, 2.45) is 5.73 Å². The van der Waals surface area contributed by atoms with Crippen LogP contribution in [0, 0.1) is 0 Å². The van der Waals surface area contributed by atoms with Crippen LogP contribution in [0.15, 0.2) is 42.5 Å². The molecule has 1 amide bonds. The highest BCUT2D eigenvalue weighted by molar-refractivity contribution is 6.30. The average Bonchev–Trinajstić information content (AvgIpc) is 2.61. The van der Waals surface area contributed by atoms with E-state index in [1.165, 1.54) is 0 Å². The maximum absolute atomic E-state index is 12.6. The predicted molar refractivity (Wildman–Crippen MR) is 101 cm³/mol. The fraction of sp³-hybridized carbons (Fsp3) is 0.333. The second-order valence-electron chi connectivity index (χ2n) is 6.07. The van der Waals surface area contributed by atoms with Gasteiger partial charge in [-0.05, 0) is 36.2 Å². The third kappa shape index (κ3) is 4.63. The van der Waals surface area contributed by atoms with Gasteiger partial charge in [-0.2, -0.15) is 0 Å². The van der Waals surface area contributed by atoms with E-state index in [0.29, 0.717) is 42.8 Å². The molecule has 0 radical (unpaired) electrons. The van der Waals surface area contributed by atoms with E-state index in [9.17, 15) is 4.79 Å². The third-order valence-electron chi connectivity index (χ3n) is 4.28. The summed E-state index contributed by atoms with van der Waals surface area (Å²) in [4.78, 5) is 20.9. The van der Waals surface area contributed by atoms with Gasteiger partial charge in [0.15, 0.2) is 0 Å². The monoisotopic (exact) mass is 378 g/mol. The quantitative estimate of drug-likeness (QED) is 0.830. The van der Waals surface area contributed by atoms with E-state index < -0.39 is 6.04 Å². The molecule has 0 aliphatic carbocycles. The molecule has 1 fully saturated rings. The molecule has 1 aromatic heterocycles. The summed E-state index contributed by atoms with van der Waals surface area (Å²) in [7, 11) is 0. The number of nitrogens with zero attached hydrogens (tertiary/aromatic N) is 3. The van der Waals surface area contributed by atoms with Gasteiger partial charge >= 0.3 is 0 Å². The summed E-state index contributed by atoms with van der Waals surface area (Å²) in [5, 5.41) is 1.12. The SMILES string of the molecule is NC(Cc1cccc(Cl)c1)C(=O)N1CCN(c2cccc(Cl)n2)CC1. The molecule has 1 saturated heterocycles. The van der Waals surface area contributed by atoms with Gasteiger partial charge in [0.05, 0.1) is 6.04 Å². The molecule has 2 heterocycles. The van der Waals surface area contributed by atoms with Crippen LogP contribution in [0.25, 0.3) is 0 Å². The highest BCUT2D eigenvalue weighted by Gasteiger charge is 2.26. The van der Waals surface area contributed by atoms with Crippen LogP contribution >= 0.6 is 23.2 Å². The molecular weight excluding hydrogens is 359 g/mol. The minimum atomic E-state index is -0.561. The van der Waals surface area contributed by atoms with E-state index in [2.05, 4.69) is 9.88 Å². The van der Waals surface area contributed by atoms with E-state index in [1.807, 2.05) is 41.3 Å². The molecule has 2 N–H and O–H groups in total. The lowest BCUT2D eigenvalue weighted by atomic mass is 10.1. The third-order valence-corrected chi connectivity index (χ3v) is 4.72. The van der Waals surface area contributed by atoms with Crippen LogP contribution in [0.3, 0.4) is 0 Å². The summed E-state index contributed by atoms with van der Waals surface area (Å²) < 4.78 is 0. The number of benzene rings is 1. The summed E-state index contributed by atoms with van der Waals surface area (Å²) in [5.41, 5.74) is 7.09. The fourth-order valence-electron chi connectivity index (χ4n) is 2.97.